The molecular formula is C15H15N5O3. The number of nitrogen functional groups attached to an aromatic ring is 1. The maximum atomic E-state index is 10.9. The van der Waals surface area contributed by atoms with Crippen LogP contribution in [-0.4, -0.2) is 33.1 Å². The number of ether oxygens (including phenoxy) is 1. The molecule has 2 aromatic rings. The summed E-state index contributed by atoms with van der Waals surface area (Å²) in [6.45, 7) is 1.73. The fraction of sp³-hybridized carbons (Fsp3) is 0.267. The first-order valence-corrected chi connectivity index (χ1v) is 6.75. The van der Waals surface area contributed by atoms with Gasteiger partial charge in [-0.2, -0.15) is 5.26 Å². The third kappa shape index (κ3) is 3.52. The van der Waals surface area contributed by atoms with Crippen LogP contribution >= 0.6 is 0 Å². The third-order valence-corrected chi connectivity index (χ3v) is 3.29. The quantitative estimate of drug-likeness (QED) is 0.849. The second kappa shape index (κ2) is 6.70. The van der Waals surface area contributed by atoms with Crippen LogP contribution in [0.5, 0.6) is 6.01 Å². The Balaban J connectivity index is 2.53. The number of hydrogen-bond acceptors (Lipinski definition) is 7. The van der Waals surface area contributed by atoms with Gasteiger partial charge in [-0.1, -0.05) is 6.92 Å². The lowest BCUT2D eigenvalue weighted by molar-refractivity contribution is -0.137. The molecule has 0 radical (unpaired) electrons. The maximum absolute atomic E-state index is 10.9. The number of anilines is 1. The van der Waals surface area contributed by atoms with Crippen molar-refractivity contribution in [1.29, 1.82) is 5.26 Å². The number of carbonyl (C=O) groups is 1. The normalized spacial score (nSPS) is 11.5. The summed E-state index contributed by atoms with van der Waals surface area (Å²) in [5, 5.41) is 18.2. The molecule has 118 valence electrons. The van der Waals surface area contributed by atoms with Crippen molar-refractivity contribution >= 4 is 11.8 Å². The molecule has 0 aliphatic rings. The number of carboxylic acid groups (broad SMARTS) is 1. The lowest BCUT2D eigenvalue weighted by atomic mass is 9.97. The van der Waals surface area contributed by atoms with Gasteiger partial charge in [0.15, 0.2) is 0 Å². The molecule has 0 saturated carbocycles. The summed E-state index contributed by atoms with van der Waals surface area (Å²) < 4.78 is 4.90. The molecule has 23 heavy (non-hydrogen) atoms. The van der Waals surface area contributed by atoms with Crippen LogP contribution in [0.3, 0.4) is 0 Å². The Bertz CT molecular complexity index is 768. The van der Waals surface area contributed by atoms with E-state index in [4.69, 9.17) is 15.6 Å². The lowest BCUT2D eigenvalue weighted by Crippen LogP contribution is -2.08. The minimum Gasteiger partial charge on any atom is -0.481 e. The summed E-state index contributed by atoms with van der Waals surface area (Å²) in [4.78, 5) is 23.0. The first-order chi connectivity index (χ1) is 11.0. The number of hydrogen-bond donors (Lipinski definition) is 2. The second-order valence-corrected chi connectivity index (χ2v) is 4.92. The van der Waals surface area contributed by atoms with Gasteiger partial charge in [-0.15, -0.1) is 0 Å². The number of nitriles is 1. The van der Waals surface area contributed by atoms with Crippen molar-refractivity contribution in [2.24, 2.45) is 0 Å². The topological polar surface area (TPSA) is 135 Å². The van der Waals surface area contributed by atoms with Gasteiger partial charge in [0, 0.05) is 35.1 Å². The molecule has 0 spiro atoms. The fourth-order valence-corrected chi connectivity index (χ4v) is 2.11. The van der Waals surface area contributed by atoms with Crippen LogP contribution in [0.2, 0.25) is 0 Å². The fourth-order valence-electron chi connectivity index (χ4n) is 2.11. The molecule has 0 bridgehead atoms. The molecule has 0 saturated heterocycles. The monoisotopic (exact) mass is 313 g/mol. The van der Waals surface area contributed by atoms with Crippen molar-refractivity contribution in [3.63, 3.8) is 0 Å². The lowest BCUT2D eigenvalue weighted by Gasteiger charge is -2.13. The average Bonchev–Trinajstić information content (AvgIpc) is 2.53. The molecule has 3 N–H and O–H groups in total. The van der Waals surface area contributed by atoms with Gasteiger partial charge in [0.1, 0.15) is 17.5 Å². The number of aromatic nitrogens is 3. The zero-order valence-electron chi connectivity index (χ0n) is 12.6. The molecule has 8 heteroatoms. The number of nitrogens with zero attached hydrogens (tertiary/aromatic N) is 4. The van der Waals surface area contributed by atoms with Gasteiger partial charge in [0.25, 0.3) is 0 Å². The minimum atomic E-state index is -0.934. The second-order valence-electron chi connectivity index (χ2n) is 4.92. The van der Waals surface area contributed by atoms with Crippen molar-refractivity contribution in [3.05, 3.63) is 29.7 Å². The van der Waals surface area contributed by atoms with Crippen molar-refractivity contribution in [2.45, 2.75) is 19.3 Å². The molecule has 8 nitrogen and oxygen atoms in total. The van der Waals surface area contributed by atoms with Crippen molar-refractivity contribution in [1.82, 2.24) is 15.0 Å². The Labute approximate surface area is 132 Å². The summed E-state index contributed by atoms with van der Waals surface area (Å²) in [6, 6.07) is 3.86. The van der Waals surface area contributed by atoms with Crippen LogP contribution in [0, 0.1) is 11.3 Å². The first-order valence-electron chi connectivity index (χ1n) is 6.75. The Morgan fingerprint density at radius 2 is 2.13 bits per heavy atom. The molecule has 0 aromatic carbocycles. The molecule has 0 aliphatic heterocycles. The van der Waals surface area contributed by atoms with Crippen LogP contribution in [0.4, 0.5) is 5.82 Å². The highest BCUT2D eigenvalue weighted by molar-refractivity contribution is 5.75. The zero-order valence-corrected chi connectivity index (χ0v) is 12.6. The van der Waals surface area contributed by atoms with Crippen molar-refractivity contribution in [2.75, 3.05) is 12.8 Å². The smallest absolute Gasteiger partial charge is 0.316 e. The van der Waals surface area contributed by atoms with Crippen LogP contribution in [0.1, 0.15) is 30.5 Å². The number of nitrogens with two attached hydrogens (primary N) is 1. The Morgan fingerprint density at radius 1 is 1.48 bits per heavy atom. The summed E-state index contributed by atoms with van der Waals surface area (Å²) in [5.74, 6) is -1.23. The SMILES string of the molecule is COc1ncc(-c2cc(C(C)CC(=O)O)nc(N)c2C#N)cn1. The van der Waals surface area contributed by atoms with Crippen LogP contribution in [0.15, 0.2) is 18.5 Å². The van der Waals surface area contributed by atoms with E-state index in [-0.39, 0.29) is 29.7 Å². The van der Waals surface area contributed by atoms with E-state index in [1.165, 1.54) is 19.5 Å². The summed E-state index contributed by atoms with van der Waals surface area (Å²) >= 11 is 0. The molecule has 2 aromatic heterocycles. The standard InChI is InChI=1S/C15H15N5O3/c1-8(3-13(21)22)12-4-10(11(5-16)14(17)20-12)9-6-18-15(23-2)19-7-9/h4,6-8H,3H2,1-2H3,(H2,17,20)(H,21,22). The van der Waals surface area contributed by atoms with Crippen molar-refractivity contribution in [3.8, 4) is 23.2 Å². The Hall–Kier alpha value is -3.21. The largest absolute Gasteiger partial charge is 0.481 e. The van der Waals surface area contributed by atoms with Gasteiger partial charge in [-0.3, -0.25) is 4.79 Å². The van der Waals surface area contributed by atoms with Gasteiger partial charge in [-0.05, 0) is 6.07 Å². The highest BCUT2D eigenvalue weighted by atomic mass is 16.5. The zero-order chi connectivity index (χ0) is 17.0. The molecule has 0 amide bonds. The summed E-state index contributed by atoms with van der Waals surface area (Å²) in [6.07, 6.45) is 2.93. The van der Waals surface area contributed by atoms with E-state index < -0.39 is 5.97 Å². The number of aliphatic carboxylic acids is 1. The number of pyridine rings is 1. The van der Waals surface area contributed by atoms with E-state index >= 15 is 0 Å². The van der Waals surface area contributed by atoms with Crippen LogP contribution < -0.4 is 10.5 Å². The Kier molecular flexibility index (Phi) is 4.71. The van der Waals surface area contributed by atoms with Crippen molar-refractivity contribution < 1.29 is 14.6 Å². The molecule has 0 fully saturated rings. The molecule has 2 rings (SSSR count). The van der Waals surface area contributed by atoms with Gasteiger partial charge >= 0.3 is 12.0 Å². The number of methoxy groups -OCH3 is 1. The van der Waals surface area contributed by atoms with E-state index in [1.807, 2.05) is 6.07 Å². The molecular weight excluding hydrogens is 298 g/mol. The van der Waals surface area contributed by atoms with Crippen LogP contribution in [0.25, 0.3) is 11.1 Å². The summed E-state index contributed by atoms with van der Waals surface area (Å²) in [7, 11) is 1.45. The van der Waals surface area contributed by atoms with Gasteiger partial charge in [0.05, 0.1) is 13.5 Å². The number of carboxylic acids is 1. The van der Waals surface area contributed by atoms with E-state index in [9.17, 15) is 10.1 Å². The van der Waals surface area contributed by atoms with Gasteiger partial charge in [-0.25, -0.2) is 15.0 Å². The number of rotatable bonds is 5. The maximum Gasteiger partial charge on any atom is 0.316 e. The van der Waals surface area contributed by atoms with Gasteiger partial charge in [0.2, 0.25) is 0 Å². The average molecular weight is 313 g/mol. The molecule has 2 heterocycles. The predicted molar refractivity (Wildman–Crippen MR) is 81.6 cm³/mol. The highest BCUT2D eigenvalue weighted by Gasteiger charge is 2.18. The third-order valence-electron chi connectivity index (χ3n) is 3.29. The van der Waals surface area contributed by atoms with E-state index in [2.05, 4.69) is 15.0 Å². The van der Waals surface area contributed by atoms with E-state index in [1.54, 1.807) is 13.0 Å². The minimum absolute atomic E-state index is 0.0491. The Morgan fingerprint density at radius 3 is 2.65 bits per heavy atom. The van der Waals surface area contributed by atoms with E-state index in [0.717, 1.165) is 0 Å². The van der Waals surface area contributed by atoms with Gasteiger partial charge < -0.3 is 15.6 Å². The molecule has 0 aliphatic carbocycles. The highest BCUT2D eigenvalue weighted by Crippen LogP contribution is 2.30. The predicted octanol–water partition coefficient (Wildman–Crippen LogP) is 1.58. The van der Waals surface area contributed by atoms with Crippen LogP contribution in [-0.2, 0) is 4.79 Å². The first kappa shape index (κ1) is 16.2. The molecule has 1 unspecified atom stereocenters. The molecule has 1 atom stereocenters. The summed E-state index contributed by atoms with van der Waals surface area (Å²) in [5.41, 5.74) is 7.62. The van der Waals surface area contributed by atoms with E-state index in [0.29, 0.717) is 16.8 Å².